The first kappa shape index (κ1) is 15.0. The monoisotopic (exact) mass is 335 g/mol. The molecule has 1 aliphatic heterocycles. The number of piperidine rings is 1. The van der Waals surface area contributed by atoms with Crippen LogP contribution in [-0.2, 0) is 6.18 Å². The fraction of sp³-hybridized carbons (Fsp3) is 0.375. The van der Waals surface area contributed by atoms with Crippen molar-refractivity contribution in [3.05, 3.63) is 42.0 Å². The summed E-state index contributed by atoms with van der Waals surface area (Å²) in [6.07, 6.45) is -2.02. The molecule has 0 bridgehead atoms. The molecule has 5 nitrogen and oxygen atoms in total. The zero-order valence-corrected chi connectivity index (χ0v) is 12.8. The third kappa shape index (κ3) is 2.72. The molecule has 3 heterocycles. The Morgan fingerprint density at radius 3 is 2.50 bits per heavy atom. The number of nitrogens with zero attached hydrogens (tertiary/aromatic N) is 3. The number of nitrogens with one attached hydrogen (secondary N) is 2. The van der Waals surface area contributed by atoms with Gasteiger partial charge in [0.25, 0.3) is 0 Å². The van der Waals surface area contributed by atoms with Crippen LogP contribution in [-0.4, -0.2) is 33.0 Å². The molecule has 1 fully saturated rings. The summed E-state index contributed by atoms with van der Waals surface area (Å²) >= 11 is 0. The van der Waals surface area contributed by atoms with E-state index in [0.29, 0.717) is 5.82 Å². The number of anilines is 1. The van der Waals surface area contributed by atoms with E-state index in [0.717, 1.165) is 49.1 Å². The molecular weight excluding hydrogens is 319 g/mol. The minimum Gasteiger partial charge on any atom is -0.342 e. The van der Waals surface area contributed by atoms with Crippen LogP contribution in [0.2, 0.25) is 0 Å². The van der Waals surface area contributed by atoms with E-state index in [2.05, 4.69) is 24.8 Å². The fourth-order valence-electron chi connectivity index (χ4n) is 3.14. The normalized spacial score (nSPS) is 16.9. The Morgan fingerprint density at radius 1 is 1.08 bits per heavy atom. The molecular formula is C16H16F3N5. The molecule has 1 saturated heterocycles. The van der Waals surface area contributed by atoms with Crippen LogP contribution in [0.3, 0.4) is 0 Å². The Kier molecular flexibility index (Phi) is 3.47. The molecule has 4 rings (SSSR count). The van der Waals surface area contributed by atoms with Crippen LogP contribution in [0.1, 0.15) is 30.3 Å². The van der Waals surface area contributed by atoms with Gasteiger partial charge in [-0.3, -0.25) is 0 Å². The highest BCUT2D eigenvalue weighted by Crippen LogP contribution is 2.32. The lowest BCUT2D eigenvalue weighted by atomic mass is 9.96. The molecule has 1 aliphatic rings. The number of aromatic amines is 2. The van der Waals surface area contributed by atoms with Crippen molar-refractivity contribution in [2.75, 3.05) is 18.0 Å². The van der Waals surface area contributed by atoms with Crippen molar-refractivity contribution in [3.8, 4) is 0 Å². The first-order chi connectivity index (χ1) is 11.5. The summed E-state index contributed by atoms with van der Waals surface area (Å²) in [7, 11) is 0. The zero-order valence-electron chi connectivity index (χ0n) is 12.8. The third-order valence-electron chi connectivity index (χ3n) is 4.46. The van der Waals surface area contributed by atoms with Crippen LogP contribution in [0, 0.1) is 0 Å². The number of rotatable bonds is 2. The van der Waals surface area contributed by atoms with E-state index < -0.39 is 11.9 Å². The summed E-state index contributed by atoms with van der Waals surface area (Å²) in [6, 6.07) is 7.81. The molecule has 2 aromatic heterocycles. The summed E-state index contributed by atoms with van der Waals surface area (Å²) in [5.41, 5.74) is 1.11. The highest BCUT2D eigenvalue weighted by atomic mass is 19.4. The second kappa shape index (κ2) is 5.54. The molecule has 0 atom stereocenters. The van der Waals surface area contributed by atoms with Gasteiger partial charge in [-0.2, -0.15) is 13.2 Å². The van der Waals surface area contributed by atoms with Gasteiger partial charge in [-0.1, -0.05) is 12.1 Å². The van der Waals surface area contributed by atoms with Crippen molar-refractivity contribution in [3.63, 3.8) is 0 Å². The van der Waals surface area contributed by atoms with Gasteiger partial charge in [0, 0.05) is 19.0 Å². The van der Waals surface area contributed by atoms with Gasteiger partial charge in [-0.25, -0.2) is 9.97 Å². The fourth-order valence-corrected chi connectivity index (χ4v) is 3.14. The van der Waals surface area contributed by atoms with Crippen LogP contribution in [0.25, 0.3) is 11.0 Å². The number of imidazole rings is 2. The van der Waals surface area contributed by atoms with Crippen molar-refractivity contribution >= 4 is 17.0 Å². The Bertz CT molecular complexity index is 810. The van der Waals surface area contributed by atoms with Crippen LogP contribution in [0.15, 0.2) is 30.5 Å². The van der Waals surface area contributed by atoms with Gasteiger partial charge >= 0.3 is 6.18 Å². The second-order valence-corrected chi connectivity index (χ2v) is 6.02. The maximum atomic E-state index is 12.7. The van der Waals surface area contributed by atoms with Gasteiger partial charge in [0.2, 0.25) is 5.95 Å². The van der Waals surface area contributed by atoms with Crippen LogP contribution >= 0.6 is 0 Å². The van der Waals surface area contributed by atoms with E-state index in [1.54, 1.807) is 0 Å². The molecule has 8 heteroatoms. The summed E-state index contributed by atoms with van der Waals surface area (Å²) in [6.45, 7) is 1.46. The molecule has 0 unspecified atom stereocenters. The summed E-state index contributed by atoms with van der Waals surface area (Å²) < 4.78 is 38.0. The third-order valence-corrected chi connectivity index (χ3v) is 4.46. The van der Waals surface area contributed by atoms with Crippen molar-refractivity contribution in [1.82, 2.24) is 19.9 Å². The van der Waals surface area contributed by atoms with E-state index in [4.69, 9.17) is 0 Å². The van der Waals surface area contributed by atoms with Crippen molar-refractivity contribution < 1.29 is 13.2 Å². The number of aromatic nitrogens is 4. The molecule has 0 spiro atoms. The highest BCUT2D eigenvalue weighted by molar-refractivity contribution is 5.77. The molecule has 0 saturated carbocycles. The predicted molar refractivity (Wildman–Crippen MR) is 83.9 cm³/mol. The number of para-hydroxylation sites is 2. The lowest BCUT2D eigenvalue weighted by molar-refractivity contribution is -0.141. The predicted octanol–water partition coefficient (Wildman–Crippen LogP) is 3.69. The van der Waals surface area contributed by atoms with E-state index in [1.807, 2.05) is 24.3 Å². The van der Waals surface area contributed by atoms with E-state index in [1.165, 1.54) is 0 Å². The molecule has 0 aliphatic carbocycles. The minimum absolute atomic E-state index is 0.0155. The zero-order chi connectivity index (χ0) is 16.7. The molecule has 2 N–H and O–H groups in total. The maximum Gasteiger partial charge on any atom is 0.432 e. The number of fused-ring (bicyclic) bond motifs is 1. The summed E-state index contributed by atoms with van der Waals surface area (Å²) in [5.74, 6) is 1.25. The largest absolute Gasteiger partial charge is 0.432 e. The van der Waals surface area contributed by atoms with Gasteiger partial charge in [0.1, 0.15) is 11.5 Å². The van der Waals surface area contributed by atoms with Gasteiger partial charge in [-0.05, 0) is 25.0 Å². The highest BCUT2D eigenvalue weighted by Gasteiger charge is 2.34. The smallest absolute Gasteiger partial charge is 0.342 e. The average Bonchev–Trinajstić information content (AvgIpc) is 3.21. The van der Waals surface area contributed by atoms with Crippen LogP contribution < -0.4 is 4.90 Å². The number of H-pyrrole nitrogens is 2. The molecule has 0 amide bonds. The molecule has 1 aromatic carbocycles. The van der Waals surface area contributed by atoms with E-state index >= 15 is 0 Å². The summed E-state index contributed by atoms with van der Waals surface area (Å²) in [5, 5.41) is 0. The van der Waals surface area contributed by atoms with Crippen LogP contribution in [0.4, 0.5) is 19.1 Å². The van der Waals surface area contributed by atoms with Crippen molar-refractivity contribution in [2.45, 2.75) is 24.9 Å². The second-order valence-electron chi connectivity index (χ2n) is 6.02. The molecule has 0 radical (unpaired) electrons. The van der Waals surface area contributed by atoms with Crippen molar-refractivity contribution in [2.24, 2.45) is 0 Å². The lowest BCUT2D eigenvalue weighted by Gasteiger charge is -2.30. The number of alkyl halides is 3. The Balaban J connectivity index is 1.45. The molecule has 126 valence electrons. The van der Waals surface area contributed by atoms with Crippen molar-refractivity contribution in [1.29, 1.82) is 0 Å². The number of hydrogen-bond acceptors (Lipinski definition) is 3. The first-order valence-corrected chi connectivity index (χ1v) is 7.82. The Morgan fingerprint density at radius 2 is 1.83 bits per heavy atom. The molecule has 3 aromatic rings. The quantitative estimate of drug-likeness (QED) is 0.751. The first-order valence-electron chi connectivity index (χ1n) is 7.82. The molecule has 24 heavy (non-hydrogen) atoms. The Labute approximate surface area is 135 Å². The standard InChI is InChI=1S/C16H16F3N5/c17-16(18,19)13-9-20-14(23-13)10-5-7-24(8-6-10)15-21-11-3-1-2-4-12(11)22-15/h1-4,9-10H,5-8H2,(H,20,23)(H,21,22). The van der Waals surface area contributed by atoms with Gasteiger partial charge < -0.3 is 14.9 Å². The van der Waals surface area contributed by atoms with Crippen LogP contribution in [0.5, 0.6) is 0 Å². The lowest BCUT2D eigenvalue weighted by Crippen LogP contribution is -2.33. The SMILES string of the molecule is FC(F)(F)c1cnc(C2CCN(c3nc4ccccc4[nH]3)CC2)[nH]1. The number of halogens is 3. The maximum absolute atomic E-state index is 12.7. The van der Waals surface area contributed by atoms with Gasteiger partial charge in [0.05, 0.1) is 17.2 Å². The average molecular weight is 335 g/mol. The minimum atomic E-state index is -4.37. The van der Waals surface area contributed by atoms with Gasteiger partial charge in [0.15, 0.2) is 0 Å². The van der Waals surface area contributed by atoms with E-state index in [9.17, 15) is 13.2 Å². The topological polar surface area (TPSA) is 60.6 Å². The van der Waals surface area contributed by atoms with Gasteiger partial charge in [-0.15, -0.1) is 0 Å². The Hall–Kier alpha value is -2.51. The number of hydrogen-bond donors (Lipinski definition) is 2. The van der Waals surface area contributed by atoms with E-state index in [-0.39, 0.29) is 5.92 Å². The number of benzene rings is 1. The summed E-state index contributed by atoms with van der Waals surface area (Å²) in [4.78, 5) is 16.3.